The van der Waals surface area contributed by atoms with E-state index in [4.69, 9.17) is 4.74 Å². The second-order valence-corrected chi connectivity index (χ2v) is 9.43. The van der Waals surface area contributed by atoms with Gasteiger partial charge >= 0.3 is 0 Å². The van der Waals surface area contributed by atoms with Crippen molar-refractivity contribution in [2.24, 2.45) is 5.92 Å². The van der Waals surface area contributed by atoms with Gasteiger partial charge < -0.3 is 14.7 Å². The van der Waals surface area contributed by atoms with E-state index in [1.165, 1.54) is 17.6 Å². The minimum atomic E-state index is -0.927. The highest BCUT2D eigenvalue weighted by Crippen LogP contribution is 2.39. The molecular weight excluding hydrogens is 394 g/mol. The van der Waals surface area contributed by atoms with Crippen LogP contribution in [0.1, 0.15) is 49.7 Å². The van der Waals surface area contributed by atoms with Crippen LogP contribution in [0.15, 0.2) is 96.0 Å². The van der Waals surface area contributed by atoms with Gasteiger partial charge in [0.1, 0.15) is 5.60 Å². The van der Waals surface area contributed by atoms with Crippen LogP contribution in [0.5, 0.6) is 0 Å². The monoisotopic (exact) mass is 427 g/mol. The zero-order valence-corrected chi connectivity index (χ0v) is 18.7. The molecule has 2 heterocycles. The van der Waals surface area contributed by atoms with Gasteiger partial charge in [-0.25, -0.2) is 0 Å². The standard InChI is InChI=1S/C29H33NO2/c31-29(26-7-3-1-4-8-26,27-9-5-2-6-10-27)21-23-13-17-30(18-14-23)19-15-24-11-12-25-22-32-20-16-28(24)25/h1-10,16,20,22-23,31H,11-15,17-19,21H2. The molecule has 0 unspecified atom stereocenters. The van der Waals surface area contributed by atoms with Gasteiger partial charge in [-0.05, 0) is 85.9 Å². The maximum Gasteiger partial charge on any atom is 0.115 e. The molecule has 1 N–H and O–H groups in total. The van der Waals surface area contributed by atoms with Crippen molar-refractivity contribution < 1.29 is 9.84 Å². The Hall–Kier alpha value is -2.62. The minimum absolute atomic E-state index is 0.526. The molecule has 1 saturated heterocycles. The van der Waals surface area contributed by atoms with E-state index in [2.05, 4.69) is 35.2 Å². The summed E-state index contributed by atoms with van der Waals surface area (Å²) in [5.41, 5.74) is 5.43. The molecule has 2 aromatic carbocycles. The van der Waals surface area contributed by atoms with Gasteiger partial charge in [0.25, 0.3) is 0 Å². The van der Waals surface area contributed by atoms with Crippen molar-refractivity contribution in [2.75, 3.05) is 19.6 Å². The summed E-state index contributed by atoms with van der Waals surface area (Å²) >= 11 is 0. The van der Waals surface area contributed by atoms with E-state index >= 15 is 0 Å². The second kappa shape index (κ2) is 9.48. The molecule has 0 spiro atoms. The van der Waals surface area contributed by atoms with Gasteiger partial charge in [0.15, 0.2) is 0 Å². The van der Waals surface area contributed by atoms with Gasteiger partial charge in [0.2, 0.25) is 0 Å². The summed E-state index contributed by atoms with van der Waals surface area (Å²) in [4.78, 5) is 2.61. The smallest absolute Gasteiger partial charge is 0.115 e. The van der Waals surface area contributed by atoms with Crippen LogP contribution in [0.3, 0.4) is 0 Å². The van der Waals surface area contributed by atoms with Crippen LogP contribution < -0.4 is 0 Å². The first kappa shape index (κ1) is 21.2. The van der Waals surface area contributed by atoms with E-state index in [1.807, 2.05) is 42.7 Å². The van der Waals surface area contributed by atoms with Gasteiger partial charge in [0, 0.05) is 6.54 Å². The Kier molecular flexibility index (Phi) is 6.29. The van der Waals surface area contributed by atoms with Gasteiger partial charge in [-0.15, -0.1) is 0 Å². The average molecular weight is 428 g/mol. The van der Waals surface area contributed by atoms with Crippen LogP contribution in [0.4, 0.5) is 0 Å². The lowest BCUT2D eigenvalue weighted by Crippen LogP contribution is -2.38. The van der Waals surface area contributed by atoms with Crippen LogP contribution in [0.25, 0.3) is 0 Å². The van der Waals surface area contributed by atoms with E-state index < -0.39 is 5.60 Å². The topological polar surface area (TPSA) is 32.7 Å². The third-order valence-corrected chi connectivity index (χ3v) is 7.47. The van der Waals surface area contributed by atoms with Crippen LogP contribution >= 0.6 is 0 Å². The summed E-state index contributed by atoms with van der Waals surface area (Å²) in [5.74, 6) is 0.526. The number of ether oxygens (including phenoxy) is 1. The molecule has 2 aromatic rings. The predicted octanol–water partition coefficient (Wildman–Crippen LogP) is 5.93. The highest BCUT2D eigenvalue weighted by atomic mass is 16.5. The molecule has 2 aliphatic heterocycles. The number of hydrogen-bond acceptors (Lipinski definition) is 3. The zero-order chi connectivity index (χ0) is 21.8. The third-order valence-electron chi connectivity index (χ3n) is 7.47. The largest absolute Gasteiger partial charge is 0.472 e. The van der Waals surface area contributed by atoms with E-state index in [9.17, 15) is 5.11 Å². The highest BCUT2D eigenvalue weighted by Gasteiger charge is 2.35. The van der Waals surface area contributed by atoms with Crippen molar-refractivity contribution in [3.8, 4) is 0 Å². The van der Waals surface area contributed by atoms with Gasteiger partial charge in [0.05, 0.1) is 12.5 Å². The number of rotatable bonds is 7. The lowest BCUT2D eigenvalue weighted by Gasteiger charge is -2.37. The Morgan fingerprint density at radius 1 is 0.906 bits per heavy atom. The molecule has 0 aromatic heterocycles. The minimum Gasteiger partial charge on any atom is -0.472 e. The molecule has 1 aliphatic carbocycles. The molecule has 3 aliphatic rings. The molecule has 5 rings (SSSR count). The maximum absolute atomic E-state index is 11.9. The average Bonchev–Trinajstić information content (AvgIpc) is 3.28. The van der Waals surface area contributed by atoms with E-state index in [-0.39, 0.29) is 0 Å². The molecule has 0 bridgehead atoms. The molecule has 1 fully saturated rings. The van der Waals surface area contributed by atoms with Crippen molar-refractivity contribution in [1.29, 1.82) is 0 Å². The summed E-state index contributed by atoms with van der Waals surface area (Å²) in [6.45, 7) is 3.37. The summed E-state index contributed by atoms with van der Waals surface area (Å²) in [5, 5.41) is 11.9. The number of aliphatic hydroxyl groups is 1. The van der Waals surface area contributed by atoms with Crippen LogP contribution in [0.2, 0.25) is 0 Å². The molecule has 3 nitrogen and oxygen atoms in total. The molecule has 0 saturated carbocycles. The predicted molar refractivity (Wildman–Crippen MR) is 129 cm³/mol. The number of hydrogen-bond donors (Lipinski definition) is 1. The number of piperidine rings is 1. The van der Waals surface area contributed by atoms with E-state index in [1.54, 1.807) is 11.8 Å². The fourth-order valence-corrected chi connectivity index (χ4v) is 5.57. The first-order valence-corrected chi connectivity index (χ1v) is 12.0. The Balaban J connectivity index is 1.21. The SMILES string of the molecule is OC(CC1CCN(CCC2=C3C=COC=C3CC2)CC1)(c1ccccc1)c1ccccc1. The first-order chi connectivity index (χ1) is 15.7. The van der Waals surface area contributed by atoms with Crippen LogP contribution in [-0.2, 0) is 10.3 Å². The quantitative estimate of drug-likeness (QED) is 0.594. The lowest BCUT2D eigenvalue weighted by atomic mass is 9.76. The molecule has 0 radical (unpaired) electrons. The van der Waals surface area contributed by atoms with Crippen molar-refractivity contribution in [1.82, 2.24) is 4.90 Å². The van der Waals surface area contributed by atoms with Gasteiger partial charge in [-0.3, -0.25) is 0 Å². The molecule has 0 amide bonds. The number of nitrogens with zero attached hydrogens (tertiary/aromatic N) is 1. The second-order valence-electron chi connectivity index (χ2n) is 9.43. The van der Waals surface area contributed by atoms with Crippen molar-refractivity contribution in [3.05, 3.63) is 107 Å². The van der Waals surface area contributed by atoms with Crippen molar-refractivity contribution >= 4 is 0 Å². The summed E-state index contributed by atoms with van der Waals surface area (Å²) < 4.78 is 5.33. The molecule has 0 atom stereocenters. The van der Waals surface area contributed by atoms with E-state index in [0.29, 0.717) is 5.92 Å². The van der Waals surface area contributed by atoms with Crippen molar-refractivity contribution in [2.45, 2.75) is 44.1 Å². The Morgan fingerprint density at radius 2 is 1.56 bits per heavy atom. The number of fused-ring (bicyclic) bond motifs is 1. The molecule has 3 heteroatoms. The number of likely N-dealkylation sites (tertiary alicyclic amines) is 1. The molecular formula is C29H33NO2. The molecule has 32 heavy (non-hydrogen) atoms. The summed E-state index contributed by atoms with van der Waals surface area (Å²) in [6.07, 6.45) is 12.4. The summed E-state index contributed by atoms with van der Waals surface area (Å²) in [7, 11) is 0. The normalized spacial score (nSPS) is 19.6. The fraction of sp³-hybridized carbons (Fsp3) is 0.379. The van der Waals surface area contributed by atoms with Crippen molar-refractivity contribution in [3.63, 3.8) is 0 Å². The van der Waals surface area contributed by atoms with Crippen LogP contribution in [-0.4, -0.2) is 29.6 Å². The highest BCUT2D eigenvalue weighted by molar-refractivity contribution is 5.48. The lowest BCUT2D eigenvalue weighted by molar-refractivity contribution is 0.0370. The first-order valence-electron chi connectivity index (χ1n) is 12.0. The maximum atomic E-state index is 11.9. The van der Waals surface area contributed by atoms with Crippen LogP contribution in [0, 0.1) is 5.92 Å². The van der Waals surface area contributed by atoms with Gasteiger partial charge in [-0.1, -0.05) is 66.2 Å². The third kappa shape index (κ3) is 4.46. The zero-order valence-electron chi connectivity index (χ0n) is 18.7. The fourth-order valence-electron chi connectivity index (χ4n) is 5.57. The summed E-state index contributed by atoms with van der Waals surface area (Å²) in [6, 6.07) is 20.4. The van der Waals surface area contributed by atoms with Gasteiger partial charge in [-0.2, -0.15) is 0 Å². The Bertz CT molecular complexity index is 958. The number of allylic oxidation sites excluding steroid dienone is 3. The number of benzene rings is 2. The van der Waals surface area contributed by atoms with E-state index in [0.717, 1.165) is 62.9 Å². The Morgan fingerprint density at radius 3 is 2.22 bits per heavy atom. The molecule has 166 valence electrons. The Labute approximate surface area is 191 Å².